The Morgan fingerprint density at radius 1 is 1.26 bits per heavy atom. The molecule has 0 bridgehead atoms. The zero-order chi connectivity index (χ0) is 14.5. The number of hydrogen-bond acceptors (Lipinski definition) is 3. The van der Waals surface area contributed by atoms with Crippen molar-refractivity contribution in [1.82, 2.24) is 0 Å². The molecular formula is C16H25NO2. The lowest BCUT2D eigenvalue weighted by atomic mass is 9.78. The number of carbonyl (C=O) groups excluding carboxylic acids is 1. The van der Waals surface area contributed by atoms with Crippen molar-refractivity contribution < 1.29 is 9.53 Å². The second-order valence-electron chi connectivity index (χ2n) is 6.20. The number of benzene rings is 1. The molecule has 0 aromatic heterocycles. The predicted molar refractivity (Wildman–Crippen MR) is 77.4 cm³/mol. The topological polar surface area (TPSA) is 52.3 Å². The molecule has 2 N–H and O–H groups in total. The van der Waals surface area contributed by atoms with Crippen molar-refractivity contribution >= 4 is 5.97 Å². The van der Waals surface area contributed by atoms with E-state index in [4.69, 9.17) is 10.5 Å². The number of hydrogen-bond donors (Lipinski definition) is 1. The molecule has 3 nitrogen and oxygen atoms in total. The quantitative estimate of drug-likeness (QED) is 0.830. The predicted octanol–water partition coefficient (Wildman–Crippen LogP) is 3.13. The van der Waals surface area contributed by atoms with Crippen molar-refractivity contribution in [3.63, 3.8) is 0 Å². The highest BCUT2D eigenvalue weighted by atomic mass is 16.5. The zero-order valence-corrected chi connectivity index (χ0v) is 12.3. The van der Waals surface area contributed by atoms with E-state index in [1.807, 2.05) is 30.3 Å². The molecule has 2 unspecified atom stereocenters. The van der Waals surface area contributed by atoms with Crippen LogP contribution in [0.4, 0.5) is 0 Å². The maximum Gasteiger partial charge on any atom is 0.323 e. The van der Waals surface area contributed by atoms with Gasteiger partial charge in [0.1, 0.15) is 12.6 Å². The normalized spacial score (nSPS) is 14.8. The smallest absolute Gasteiger partial charge is 0.323 e. The van der Waals surface area contributed by atoms with Crippen LogP contribution in [0.15, 0.2) is 30.3 Å². The Morgan fingerprint density at radius 2 is 1.84 bits per heavy atom. The third kappa shape index (κ3) is 5.43. The van der Waals surface area contributed by atoms with Gasteiger partial charge in [0.15, 0.2) is 0 Å². The first-order valence-corrected chi connectivity index (χ1v) is 6.77. The van der Waals surface area contributed by atoms with Crippen molar-refractivity contribution in [2.45, 2.75) is 46.8 Å². The van der Waals surface area contributed by atoms with E-state index in [9.17, 15) is 4.79 Å². The fraction of sp³-hybridized carbons (Fsp3) is 0.562. The standard InChI is InChI=1S/C16H25NO2/c1-12(16(2,3)4)10-14(17)15(18)19-11-13-8-6-5-7-9-13/h5-9,12,14H,10-11,17H2,1-4H3. The minimum Gasteiger partial charge on any atom is -0.460 e. The summed E-state index contributed by atoms with van der Waals surface area (Å²) in [6.45, 7) is 8.86. The summed E-state index contributed by atoms with van der Waals surface area (Å²) in [5.74, 6) is 0.0479. The summed E-state index contributed by atoms with van der Waals surface area (Å²) < 4.78 is 5.24. The molecule has 19 heavy (non-hydrogen) atoms. The fourth-order valence-electron chi connectivity index (χ4n) is 1.67. The third-order valence-electron chi connectivity index (χ3n) is 3.61. The number of nitrogens with two attached hydrogens (primary N) is 1. The van der Waals surface area contributed by atoms with Crippen LogP contribution in [-0.4, -0.2) is 12.0 Å². The summed E-state index contributed by atoms with van der Waals surface area (Å²) in [5, 5.41) is 0. The van der Waals surface area contributed by atoms with Crippen LogP contribution in [0.3, 0.4) is 0 Å². The first kappa shape index (κ1) is 15.7. The molecule has 0 aliphatic carbocycles. The summed E-state index contributed by atoms with van der Waals surface area (Å²) in [5.41, 5.74) is 7.03. The molecule has 0 aliphatic heterocycles. The van der Waals surface area contributed by atoms with E-state index < -0.39 is 6.04 Å². The van der Waals surface area contributed by atoms with Crippen LogP contribution in [-0.2, 0) is 16.1 Å². The minimum atomic E-state index is -0.544. The number of carbonyl (C=O) groups is 1. The molecule has 0 aliphatic rings. The van der Waals surface area contributed by atoms with Gasteiger partial charge in [-0.3, -0.25) is 4.79 Å². The summed E-state index contributed by atoms with van der Waals surface area (Å²) >= 11 is 0. The van der Waals surface area contributed by atoms with Gasteiger partial charge in [-0.25, -0.2) is 0 Å². The average Bonchev–Trinajstić information content (AvgIpc) is 2.35. The van der Waals surface area contributed by atoms with Gasteiger partial charge in [-0.2, -0.15) is 0 Å². The molecular weight excluding hydrogens is 238 g/mol. The number of ether oxygens (including phenoxy) is 1. The second kappa shape index (κ2) is 6.71. The molecule has 0 saturated heterocycles. The van der Waals surface area contributed by atoms with Gasteiger partial charge in [0.05, 0.1) is 0 Å². The fourth-order valence-corrected chi connectivity index (χ4v) is 1.67. The second-order valence-corrected chi connectivity index (χ2v) is 6.20. The van der Waals surface area contributed by atoms with Crippen molar-refractivity contribution in [2.75, 3.05) is 0 Å². The molecule has 3 heteroatoms. The largest absolute Gasteiger partial charge is 0.460 e. The van der Waals surface area contributed by atoms with Crippen LogP contribution in [0.1, 0.15) is 39.7 Å². The summed E-state index contributed by atoms with van der Waals surface area (Å²) in [6, 6.07) is 9.09. The van der Waals surface area contributed by atoms with Gasteiger partial charge in [0, 0.05) is 0 Å². The van der Waals surface area contributed by atoms with Gasteiger partial charge in [0.25, 0.3) is 0 Å². The SMILES string of the molecule is CC(CC(N)C(=O)OCc1ccccc1)C(C)(C)C. The Balaban J connectivity index is 2.41. The van der Waals surface area contributed by atoms with E-state index in [0.717, 1.165) is 5.56 Å². The Morgan fingerprint density at radius 3 is 2.37 bits per heavy atom. The monoisotopic (exact) mass is 263 g/mol. The Hall–Kier alpha value is -1.35. The lowest BCUT2D eigenvalue weighted by Crippen LogP contribution is -2.36. The zero-order valence-electron chi connectivity index (χ0n) is 12.3. The molecule has 1 aromatic carbocycles. The molecule has 106 valence electrons. The summed E-state index contributed by atoms with van der Waals surface area (Å²) in [4.78, 5) is 11.8. The van der Waals surface area contributed by atoms with Crippen molar-refractivity contribution in [3.8, 4) is 0 Å². The van der Waals surface area contributed by atoms with E-state index in [2.05, 4.69) is 27.7 Å². The highest BCUT2D eigenvalue weighted by Crippen LogP contribution is 2.28. The van der Waals surface area contributed by atoms with Gasteiger partial charge >= 0.3 is 5.97 Å². The average molecular weight is 263 g/mol. The maximum absolute atomic E-state index is 11.8. The molecule has 0 spiro atoms. The van der Waals surface area contributed by atoms with Gasteiger partial charge in [0.2, 0.25) is 0 Å². The van der Waals surface area contributed by atoms with Crippen molar-refractivity contribution in [1.29, 1.82) is 0 Å². The van der Waals surface area contributed by atoms with Crippen LogP contribution in [0.2, 0.25) is 0 Å². The summed E-state index contributed by atoms with van der Waals surface area (Å²) in [6.07, 6.45) is 0.650. The molecule has 0 fully saturated rings. The van der Waals surface area contributed by atoms with Crippen LogP contribution in [0.5, 0.6) is 0 Å². The highest BCUT2D eigenvalue weighted by Gasteiger charge is 2.25. The van der Waals surface area contributed by atoms with E-state index in [1.54, 1.807) is 0 Å². The van der Waals surface area contributed by atoms with Crippen molar-refractivity contribution in [3.05, 3.63) is 35.9 Å². The Labute approximate surface area is 116 Å². The van der Waals surface area contributed by atoms with E-state index in [-0.39, 0.29) is 18.0 Å². The van der Waals surface area contributed by atoms with Crippen LogP contribution in [0, 0.1) is 11.3 Å². The lowest BCUT2D eigenvalue weighted by molar-refractivity contribution is -0.147. The first-order valence-electron chi connectivity index (χ1n) is 6.77. The molecule has 1 aromatic rings. The number of esters is 1. The third-order valence-corrected chi connectivity index (χ3v) is 3.61. The molecule has 0 saturated carbocycles. The van der Waals surface area contributed by atoms with Crippen molar-refractivity contribution in [2.24, 2.45) is 17.1 Å². The maximum atomic E-state index is 11.8. The highest BCUT2D eigenvalue weighted by molar-refractivity contribution is 5.75. The number of rotatable bonds is 5. The first-order chi connectivity index (χ1) is 8.80. The molecule has 0 amide bonds. The lowest BCUT2D eigenvalue weighted by Gasteiger charge is -2.28. The van der Waals surface area contributed by atoms with Gasteiger partial charge in [-0.1, -0.05) is 58.0 Å². The van der Waals surface area contributed by atoms with E-state index in [1.165, 1.54) is 0 Å². The van der Waals surface area contributed by atoms with Crippen LogP contribution >= 0.6 is 0 Å². The molecule has 0 heterocycles. The van der Waals surface area contributed by atoms with Gasteiger partial charge in [-0.05, 0) is 23.3 Å². The van der Waals surface area contributed by atoms with Crippen LogP contribution in [0.25, 0.3) is 0 Å². The molecule has 0 radical (unpaired) electrons. The van der Waals surface area contributed by atoms with E-state index in [0.29, 0.717) is 12.3 Å². The Bertz CT molecular complexity index is 395. The van der Waals surface area contributed by atoms with Gasteiger partial charge in [-0.15, -0.1) is 0 Å². The molecule has 2 atom stereocenters. The van der Waals surface area contributed by atoms with Gasteiger partial charge < -0.3 is 10.5 Å². The minimum absolute atomic E-state index is 0.150. The Kier molecular flexibility index (Phi) is 5.55. The van der Waals surface area contributed by atoms with E-state index >= 15 is 0 Å². The molecule has 1 rings (SSSR count). The summed E-state index contributed by atoms with van der Waals surface area (Å²) in [7, 11) is 0. The van der Waals surface area contributed by atoms with Crippen LogP contribution < -0.4 is 5.73 Å².